The Morgan fingerprint density at radius 3 is 1.20 bits per heavy atom. The van der Waals surface area contributed by atoms with Crippen molar-refractivity contribution in [3.8, 4) is 0 Å². The van der Waals surface area contributed by atoms with Crippen LogP contribution in [0.25, 0.3) is 0 Å². The maximum Gasteiger partial charge on any atom is 0.374 e. The van der Waals surface area contributed by atoms with Gasteiger partial charge in [-0.3, -0.25) is 0 Å². The van der Waals surface area contributed by atoms with Crippen LogP contribution in [0.2, 0.25) is 0 Å². The first kappa shape index (κ1) is 109. The minimum Gasteiger partial charge on any atom is -0.475 e. The summed E-state index contributed by atoms with van der Waals surface area (Å²) in [5, 5.41) is 170. The highest BCUT2D eigenvalue weighted by molar-refractivity contribution is 14.2. The van der Waals surface area contributed by atoms with E-state index >= 15 is 0 Å². The molecule has 2 aromatic heterocycles. The van der Waals surface area contributed by atoms with Crippen molar-refractivity contribution in [2.45, 2.75) is 400 Å². The normalized spacial score (nSPS) is 51.1. The number of fused-ring (bicyclic) bond motifs is 14. The number of halogens is 1. The number of hydrogen-bond donors (Lipinski definition) is 16. The summed E-state index contributed by atoms with van der Waals surface area (Å²) in [6, 6.07) is 5.83. The molecule has 37 nitrogen and oxygen atoms in total. The van der Waals surface area contributed by atoms with Crippen LogP contribution in [0.3, 0.4) is 0 Å². The Hall–Kier alpha value is -2.67. The van der Waals surface area contributed by atoms with Crippen molar-refractivity contribution in [1.29, 1.82) is 0 Å². The Bertz CT molecular complexity index is 4410. The average molecular weight is 2120 g/mol. The van der Waals surface area contributed by atoms with Crippen LogP contribution in [0.5, 0.6) is 0 Å². The number of aromatic carboxylic acids is 1. The van der Waals surface area contributed by atoms with E-state index in [0.717, 1.165) is 103 Å². The topological polar surface area (TPSA) is 541 Å². The Kier molecular flexibility index (Phi) is 34.6. The quantitative estimate of drug-likeness (QED) is 0.0305. The smallest absolute Gasteiger partial charge is 0.374 e. The standard InChI is InChI=1S/C49H72O18.C44H70O16.C5H4O3.CH4.H3IP2/c1-22-10-15-49(60-20-22)23(2)34-31(67-49)18-29-27-9-8-25-17-26(11-13-47(25,4)28(27)12-14-48(29,34)5)62-46-42(66-44-39(55)37(53)35(51)24(3)61-44)40(56)41(32(19-50)63-46)65-45-38(54)36(52)33(64-45)21-59-43(57)30-7-6-16-58-30;1-19-8-13-44(53-18-19)20(2)30-27(60-44)15-26-24-7-6-22-14-23(9-11-42(22,4)25(24)10-12-43(26,30)5)55-41-38(59-39-35(51)33(49)31(47)21(3)54-39)36(52)37(29(17-46)57-41)58-40-34(50)32(48)28(16-45)56-40;6-5(7)4-2-1-3-8-4;;1-3-2/h6-8,16,22-24,26-29,31-42,44-46,50-56H,9-15,17-21H2,1-5H3;6,19-21,23-41,45-52H,7-18H2,1-5H3;1-3H,(H,6,7);1H4;3H,2H2/t22-,23+,24+,26+,27?,28?,29?,31?,32-,33+,34?,35+,36+,37-,38-,39-,40+,41-,42-,44?,45?,46-,47+,48+,49-;19-,20+,21+,23+,24?,25?,26?,27?,28+,29-,30?,31+,32+,33-,34-,35-,36+,37-,38-,39?,40?,41-,42+,43+,44-;;;/m11.../s1. The van der Waals surface area contributed by atoms with Crippen molar-refractivity contribution < 1.29 is 181 Å². The lowest BCUT2D eigenvalue weighted by atomic mass is 9.47. The number of ether oxygens (including phenoxy) is 17. The van der Waals surface area contributed by atoms with Gasteiger partial charge < -0.3 is 171 Å². The van der Waals surface area contributed by atoms with Crippen molar-refractivity contribution in [2.24, 2.45) is 92.7 Å². The SMILES string of the molecule is C.C[C@@H]1CC[C@@]2(OC1)OC1CC3C4CC=C5C[C@@H](O[C@@H]6O[C@H](CO)[C@@H](OC7O[C@@H](CO)[C@H](O)[C@H]7O)[C@H](O)[C@H]6OC6O[C@@H](C)[C@H](O)[C@@H](O)[C@H]6O)CC[C@]5(C)C4CC[C@]3(C)C1[C@@H]2C.C[C@@H]1CC[C@@]2(OC1)OC1CC3C4CC=C5C[C@@H](O[C@@H]6O[C@H](CO)[C@@H](OC7O[C@@H](COC(=O)c8ccco8)[C@H](O)[C@H]7O)[C@H](O)[C@H]6OC6O[C@@H](C)[C@H](O)[C@@H](O)[C@H]6O)CC[C@]5(C)C4CC[C@]3(C)C1[C@@H]2C.O=C(O)c1ccco1.PPI. The van der Waals surface area contributed by atoms with Gasteiger partial charge in [0.15, 0.2) is 49.3 Å². The number of aliphatic hydroxyl groups is 15. The van der Waals surface area contributed by atoms with Crippen LogP contribution in [0, 0.1) is 92.7 Å². The maximum atomic E-state index is 12.4. The van der Waals surface area contributed by atoms with Crippen LogP contribution >= 0.6 is 36.9 Å². The second-order valence-electron chi connectivity index (χ2n) is 44.0. The largest absolute Gasteiger partial charge is 0.475 e. The molecule has 16 fully saturated rings. The molecule has 52 atom stereocenters. The van der Waals surface area contributed by atoms with Crippen LogP contribution in [-0.2, 0) is 80.5 Å². The third-order valence-electron chi connectivity index (χ3n) is 36.3. The molecular formula is C99H153IO37P2. The molecule has 2 spiro atoms. The van der Waals surface area contributed by atoms with Crippen LogP contribution in [0.4, 0.5) is 0 Å². The fraction of sp³-hybridized carbons (Fsp3) is 0.859. The zero-order chi connectivity index (χ0) is 98.6. The number of hydrogen-bond acceptors (Lipinski definition) is 36. The summed E-state index contributed by atoms with van der Waals surface area (Å²) in [6.07, 6.45) is -16.0. The van der Waals surface area contributed by atoms with Crippen molar-refractivity contribution >= 4 is 48.8 Å². The fourth-order valence-corrected chi connectivity index (χ4v) is 28.7. The molecule has 788 valence electrons. The van der Waals surface area contributed by atoms with Crippen LogP contribution < -0.4 is 0 Å². The van der Waals surface area contributed by atoms with Gasteiger partial charge in [0.25, 0.3) is 0 Å². The Balaban J connectivity index is 0.000000180. The van der Waals surface area contributed by atoms with E-state index in [1.54, 1.807) is 0 Å². The van der Waals surface area contributed by atoms with Crippen molar-refractivity contribution in [2.75, 3.05) is 39.6 Å². The van der Waals surface area contributed by atoms with Gasteiger partial charge in [-0.15, -0.1) is 8.93 Å². The highest BCUT2D eigenvalue weighted by atomic mass is 127. The molecule has 0 bridgehead atoms. The molecule has 139 heavy (non-hydrogen) atoms. The minimum absolute atomic E-state index is 0. The number of carbonyl (C=O) groups is 2. The molecule has 8 aliphatic carbocycles. The predicted octanol–water partition coefficient (Wildman–Crippen LogP) is 6.58. The van der Waals surface area contributed by atoms with Gasteiger partial charge in [-0.05, 0) is 228 Å². The summed E-state index contributed by atoms with van der Waals surface area (Å²) in [5.41, 5.74) is 3.02. The average Bonchev–Trinajstić information content (AvgIpc) is 1.54. The van der Waals surface area contributed by atoms with Crippen LogP contribution in [0.1, 0.15) is 213 Å². The summed E-state index contributed by atoms with van der Waals surface area (Å²) in [7, 11) is 2.59. The number of carboxylic acids is 1. The van der Waals surface area contributed by atoms with Crippen LogP contribution in [0.15, 0.2) is 68.9 Å². The summed E-state index contributed by atoms with van der Waals surface area (Å²) in [4.78, 5) is 22.4. The number of carboxylic acid groups (broad SMARTS) is 1. The van der Waals surface area contributed by atoms with Gasteiger partial charge in [0.2, 0.25) is 11.5 Å². The monoisotopic (exact) mass is 2120 g/mol. The molecule has 16 N–H and O–H groups in total. The van der Waals surface area contributed by atoms with E-state index in [-0.39, 0.29) is 65.0 Å². The molecule has 20 rings (SSSR count). The van der Waals surface area contributed by atoms with Crippen molar-refractivity contribution in [1.82, 2.24) is 0 Å². The Labute approximate surface area is 829 Å². The van der Waals surface area contributed by atoms with E-state index in [2.05, 4.69) is 103 Å². The van der Waals surface area contributed by atoms with Crippen molar-refractivity contribution in [3.63, 3.8) is 0 Å². The van der Waals surface area contributed by atoms with E-state index in [4.69, 9.17) is 90.1 Å². The molecule has 10 aliphatic heterocycles. The molecule has 12 heterocycles. The van der Waals surface area contributed by atoms with E-state index in [1.165, 1.54) is 68.2 Å². The van der Waals surface area contributed by atoms with Gasteiger partial charge in [0.1, 0.15) is 129 Å². The van der Waals surface area contributed by atoms with Gasteiger partial charge in [-0.25, -0.2) is 9.59 Å². The number of carbonyl (C=O) groups excluding carboxylic acids is 1. The number of rotatable bonds is 19. The Morgan fingerprint density at radius 2 is 0.827 bits per heavy atom. The van der Waals surface area contributed by atoms with E-state index in [0.29, 0.717) is 96.7 Å². The second-order valence-corrected chi connectivity index (χ2v) is 50.4. The highest BCUT2D eigenvalue weighted by Crippen LogP contribution is 2.73. The predicted molar refractivity (Wildman–Crippen MR) is 503 cm³/mol. The highest BCUT2D eigenvalue weighted by Gasteiger charge is 2.72. The lowest BCUT2D eigenvalue weighted by Gasteiger charge is -2.58. The lowest BCUT2D eigenvalue weighted by molar-refractivity contribution is -0.380. The van der Waals surface area contributed by atoms with Gasteiger partial charge in [0, 0.05) is 24.7 Å². The minimum atomic E-state index is -1.73. The van der Waals surface area contributed by atoms with Gasteiger partial charge in [-0.2, -0.15) is 0 Å². The summed E-state index contributed by atoms with van der Waals surface area (Å²) >= 11 is 2.28. The molecule has 0 aromatic carbocycles. The van der Waals surface area contributed by atoms with Gasteiger partial charge >= 0.3 is 11.9 Å². The number of furan rings is 2. The number of allylic oxidation sites excluding steroid dienone is 2. The summed E-state index contributed by atoms with van der Waals surface area (Å²) in [5.74, 6) is 4.22. The van der Waals surface area contributed by atoms with Gasteiger partial charge in [-0.1, -0.05) is 108 Å². The number of esters is 1. The first-order chi connectivity index (χ1) is 65.7. The fourth-order valence-electron chi connectivity index (χ4n) is 28.7. The third kappa shape index (κ3) is 20.5. The molecule has 2 aromatic rings. The van der Waals surface area contributed by atoms with E-state index in [1.807, 2.05) is 0 Å². The van der Waals surface area contributed by atoms with Gasteiger partial charge in [0.05, 0.1) is 82.2 Å². The molecule has 16 unspecified atom stereocenters. The zero-order valence-corrected chi connectivity index (χ0v) is 84.5. The summed E-state index contributed by atoms with van der Waals surface area (Å²) in [6.45, 7) is 21.4. The molecule has 0 amide bonds. The van der Waals surface area contributed by atoms with Crippen LogP contribution in [-0.4, -0.2) is 341 Å². The molecular weight excluding hydrogens is 1970 g/mol. The zero-order valence-electron chi connectivity index (χ0n) is 80.2. The molecule has 40 heteroatoms. The molecule has 6 saturated carbocycles. The molecule has 10 saturated heterocycles. The van der Waals surface area contributed by atoms with E-state index in [9.17, 15) is 86.2 Å². The molecule has 18 aliphatic rings. The first-order valence-electron chi connectivity index (χ1n) is 50.1. The molecule has 0 radical (unpaired) electrons. The van der Waals surface area contributed by atoms with E-state index < -0.39 is 222 Å². The Morgan fingerprint density at radius 1 is 0.446 bits per heavy atom. The first-order valence-corrected chi connectivity index (χ1v) is 56.0. The third-order valence-corrected chi connectivity index (χ3v) is 36.3. The summed E-state index contributed by atoms with van der Waals surface area (Å²) < 4.78 is 115. The van der Waals surface area contributed by atoms with Crippen molar-refractivity contribution in [3.05, 3.63) is 71.6 Å². The maximum absolute atomic E-state index is 12.4. The number of aliphatic hydroxyl groups excluding tert-OH is 15. The second kappa shape index (κ2) is 44.1. The lowest BCUT2D eigenvalue weighted by Crippen LogP contribution is -2.65.